The summed E-state index contributed by atoms with van der Waals surface area (Å²) >= 11 is 6.15. The van der Waals surface area contributed by atoms with Crippen molar-refractivity contribution in [3.8, 4) is 0 Å². The number of quaternary nitrogens is 1. The van der Waals surface area contributed by atoms with Crippen molar-refractivity contribution in [1.82, 2.24) is 0 Å². The van der Waals surface area contributed by atoms with Crippen molar-refractivity contribution in [2.75, 3.05) is 42.9 Å². The van der Waals surface area contributed by atoms with E-state index in [1.165, 1.54) is 18.2 Å². The Morgan fingerprint density at radius 1 is 1.14 bits per heavy atom. The highest BCUT2D eigenvalue weighted by molar-refractivity contribution is 7.92. The van der Waals surface area contributed by atoms with Gasteiger partial charge in [0, 0.05) is 5.69 Å². The van der Waals surface area contributed by atoms with Crippen LogP contribution in [0.2, 0.25) is 5.02 Å². The monoisotopic (exact) mass is 424 g/mol. The molecule has 0 bridgehead atoms. The number of nitrogens with one attached hydrogen (secondary N) is 3. The molecule has 2 aromatic rings. The van der Waals surface area contributed by atoms with Gasteiger partial charge in [-0.15, -0.1) is 0 Å². The van der Waals surface area contributed by atoms with Gasteiger partial charge in [0.1, 0.15) is 13.1 Å². The molecule has 1 aliphatic heterocycles. The number of carbonyl (C=O) groups is 1. The van der Waals surface area contributed by atoms with Gasteiger partial charge < -0.3 is 15.0 Å². The van der Waals surface area contributed by atoms with Crippen molar-refractivity contribution in [2.24, 2.45) is 0 Å². The zero-order valence-corrected chi connectivity index (χ0v) is 17.1. The van der Waals surface area contributed by atoms with E-state index >= 15 is 0 Å². The number of ether oxygens (including phenoxy) is 1. The number of sulfonamides is 1. The number of anilines is 2. The van der Waals surface area contributed by atoms with E-state index in [4.69, 9.17) is 16.3 Å². The van der Waals surface area contributed by atoms with E-state index in [0.717, 1.165) is 23.6 Å². The largest absolute Gasteiger partial charge is 0.370 e. The normalized spacial score (nSPS) is 15.2. The molecule has 3 N–H and O–H groups in total. The molecule has 0 aliphatic carbocycles. The number of carbonyl (C=O) groups excluding carboxylic acids is 1. The molecule has 0 atom stereocenters. The first-order valence-electron chi connectivity index (χ1n) is 8.94. The van der Waals surface area contributed by atoms with Crippen LogP contribution in [0.3, 0.4) is 0 Å². The van der Waals surface area contributed by atoms with Crippen LogP contribution in [0.1, 0.15) is 5.56 Å². The van der Waals surface area contributed by atoms with E-state index in [1.54, 1.807) is 24.3 Å². The molecular weight excluding hydrogens is 402 g/mol. The van der Waals surface area contributed by atoms with Crippen LogP contribution in [-0.2, 0) is 19.6 Å². The van der Waals surface area contributed by atoms with Crippen LogP contribution in [0, 0.1) is 6.92 Å². The second kappa shape index (κ2) is 8.91. The first-order chi connectivity index (χ1) is 13.3. The van der Waals surface area contributed by atoms with Crippen molar-refractivity contribution < 1.29 is 22.8 Å². The van der Waals surface area contributed by atoms with E-state index in [1.807, 2.05) is 6.92 Å². The Balaban J connectivity index is 1.70. The van der Waals surface area contributed by atoms with Crippen LogP contribution in [-0.4, -0.2) is 47.2 Å². The molecule has 150 valence electrons. The van der Waals surface area contributed by atoms with Crippen molar-refractivity contribution >= 4 is 38.9 Å². The Bertz CT molecular complexity index is 942. The van der Waals surface area contributed by atoms with E-state index in [0.29, 0.717) is 25.4 Å². The van der Waals surface area contributed by atoms with Gasteiger partial charge in [0.25, 0.3) is 15.9 Å². The highest BCUT2D eigenvalue weighted by Gasteiger charge is 2.19. The van der Waals surface area contributed by atoms with Crippen LogP contribution in [0.15, 0.2) is 47.4 Å². The van der Waals surface area contributed by atoms with Gasteiger partial charge in [0.15, 0.2) is 6.54 Å². The van der Waals surface area contributed by atoms with Gasteiger partial charge in [-0.2, -0.15) is 0 Å². The second-order valence-electron chi connectivity index (χ2n) is 6.70. The third kappa shape index (κ3) is 5.45. The summed E-state index contributed by atoms with van der Waals surface area (Å²) in [5.74, 6) is -0.147. The first-order valence-corrected chi connectivity index (χ1v) is 10.8. The van der Waals surface area contributed by atoms with E-state index in [9.17, 15) is 13.2 Å². The summed E-state index contributed by atoms with van der Waals surface area (Å²) < 4.78 is 32.9. The minimum atomic E-state index is -3.79. The summed E-state index contributed by atoms with van der Waals surface area (Å²) in [6.45, 7) is 5.08. The Morgan fingerprint density at radius 2 is 1.82 bits per heavy atom. The highest BCUT2D eigenvalue weighted by atomic mass is 35.5. The van der Waals surface area contributed by atoms with Crippen LogP contribution < -0.4 is 14.9 Å². The number of benzene rings is 2. The molecule has 1 aliphatic rings. The van der Waals surface area contributed by atoms with Crippen molar-refractivity contribution in [2.45, 2.75) is 11.8 Å². The molecule has 1 fully saturated rings. The Labute approximate surface area is 169 Å². The van der Waals surface area contributed by atoms with E-state index in [2.05, 4.69) is 10.0 Å². The maximum absolute atomic E-state index is 12.6. The van der Waals surface area contributed by atoms with E-state index < -0.39 is 10.0 Å². The van der Waals surface area contributed by atoms with Crippen molar-refractivity contribution in [3.05, 3.63) is 53.1 Å². The molecule has 9 heteroatoms. The summed E-state index contributed by atoms with van der Waals surface area (Å²) in [5.41, 5.74) is 1.64. The quantitative estimate of drug-likeness (QED) is 0.652. The zero-order valence-electron chi connectivity index (χ0n) is 15.5. The molecule has 7 nitrogen and oxygen atoms in total. The number of amides is 1. The fourth-order valence-electron chi connectivity index (χ4n) is 2.87. The molecule has 0 saturated carbocycles. The third-order valence-corrected chi connectivity index (χ3v) is 6.15. The summed E-state index contributed by atoms with van der Waals surface area (Å²) in [4.78, 5) is 13.6. The van der Waals surface area contributed by atoms with Crippen molar-refractivity contribution in [1.29, 1.82) is 0 Å². The Kier molecular flexibility index (Phi) is 6.56. The maximum Gasteiger partial charge on any atom is 0.279 e. The Morgan fingerprint density at radius 3 is 2.50 bits per heavy atom. The molecule has 1 saturated heterocycles. The molecule has 0 radical (unpaired) electrons. The first kappa shape index (κ1) is 20.6. The third-order valence-electron chi connectivity index (χ3n) is 4.44. The Hall–Kier alpha value is -2.13. The lowest BCUT2D eigenvalue weighted by Gasteiger charge is -2.23. The summed E-state index contributed by atoms with van der Waals surface area (Å²) in [7, 11) is -3.79. The summed E-state index contributed by atoms with van der Waals surface area (Å²) in [6.07, 6.45) is 0. The van der Waals surface area contributed by atoms with Gasteiger partial charge in [0.2, 0.25) is 0 Å². The van der Waals surface area contributed by atoms with Gasteiger partial charge in [-0.1, -0.05) is 29.3 Å². The number of hydrogen-bond donors (Lipinski definition) is 3. The lowest BCUT2D eigenvalue weighted by molar-refractivity contribution is -0.899. The number of aryl methyl sites for hydroxylation is 1. The zero-order chi connectivity index (χ0) is 20.1. The van der Waals surface area contributed by atoms with Crippen LogP contribution in [0.4, 0.5) is 11.4 Å². The van der Waals surface area contributed by atoms with Gasteiger partial charge in [-0.25, -0.2) is 8.42 Å². The van der Waals surface area contributed by atoms with Crippen LogP contribution >= 0.6 is 11.6 Å². The average molecular weight is 425 g/mol. The fourth-order valence-corrected chi connectivity index (χ4v) is 4.16. The molecule has 2 aromatic carbocycles. The number of hydrogen-bond acceptors (Lipinski definition) is 4. The minimum absolute atomic E-state index is 0.138. The molecule has 28 heavy (non-hydrogen) atoms. The number of rotatable bonds is 6. The van der Waals surface area contributed by atoms with Gasteiger partial charge in [0.05, 0.1) is 28.8 Å². The second-order valence-corrected chi connectivity index (χ2v) is 8.79. The molecule has 1 heterocycles. The molecule has 3 rings (SSSR count). The minimum Gasteiger partial charge on any atom is -0.370 e. The molecule has 0 aromatic heterocycles. The predicted molar refractivity (Wildman–Crippen MR) is 108 cm³/mol. The lowest BCUT2D eigenvalue weighted by atomic mass is 10.2. The highest BCUT2D eigenvalue weighted by Crippen LogP contribution is 2.28. The van der Waals surface area contributed by atoms with Gasteiger partial charge >= 0.3 is 0 Å². The molecule has 0 unspecified atom stereocenters. The van der Waals surface area contributed by atoms with Crippen LogP contribution in [0.5, 0.6) is 0 Å². The number of morpholine rings is 1. The average Bonchev–Trinajstić information content (AvgIpc) is 2.65. The number of halogens is 1. The topological polar surface area (TPSA) is 88.9 Å². The summed E-state index contributed by atoms with van der Waals surface area (Å²) in [6, 6.07) is 11.2. The standard InChI is InChI=1S/C19H22ClN3O4S/c1-14-2-5-16(6-3-14)28(25,26)22-18-12-15(4-7-17(18)20)21-19(24)13-23-8-10-27-11-9-23/h2-7,12,22H,8-11,13H2,1H3,(H,21,24)/p+1. The van der Waals surface area contributed by atoms with E-state index in [-0.39, 0.29) is 21.5 Å². The SMILES string of the molecule is Cc1ccc(S(=O)(=O)Nc2cc(NC(=O)C[NH+]3CCOCC3)ccc2Cl)cc1. The molecule has 0 spiro atoms. The van der Waals surface area contributed by atoms with Crippen LogP contribution in [0.25, 0.3) is 0 Å². The van der Waals surface area contributed by atoms with Gasteiger partial charge in [-0.05, 0) is 37.3 Å². The smallest absolute Gasteiger partial charge is 0.279 e. The lowest BCUT2D eigenvalue weighted by Crippen LogP contribution is -3.15. The van der Waals surface area contributed by atoms with Gasteiger partial charge in [-0.3, -0.25) is 9.52 Å². The molecule has 1 amide bonds. The predicted octanol–water partition coefficient (Wildman–Crippen LogP) is 1.30. The fraction of sp³-hybridized carbons (Fsp3) is 0.316. The molecular formula is C19H23ClN3O4S+. The summed E-state index contributed by atoms with van der Waals surface area (Å²) in [5, 5.41) is 3.04. The maximum atomic E-state index is 12.6. The van der Waals surface area contributed by atoms with Crippen molar-refractivity contribution in [3.63, 3.8) is 0 Å².